The maximum absolute atomic E-state index is 14.4. The summed E-state index contributed by atoms with van der Waals surface area (Å²) >= 11 is 6.18. The number of aromatic nitrogens is 1. The highest BCUT2D eigenvalue weighted by Crippen LogP contribution is 2.34. The van der Waals surface area contributed by atoms with Gasteiger partial charge >= 0.3 is 0 Å². The summed E-state index contributed by atoms with van der Waals surface area (Å²) in [5, 5.41) is 7.50. The Hall–Kier alpha value is -1.96. The number of carbonyl (C=O) groups excluding carboxylic acids is 1. The highest BCUT2D eigenvalue weighted by molar-refractivity contribution is 6.33. The molecule has 2 aliphatic rings. The third kappa shape index (κ3) is 3.47. The fourth-order valence-corrected chi connectivity index (χ4v) is 4.20. The van der Waals surface area contributed by atoms with Gasteiger partial charge in [-0.15, -0.1) is 0 Å². The molecule has 3 heterocycles. The van der Waals surface area contributed by atoms with Crippen molar-refractivity contribution in [2.75, 3.05) is 39.3 Å². The summed E-state index contributed by atoms with van der Waals surface area (Å²) < 4.78 is 19.6. The Kier molecular flexibility index (Phi) is 5.16. The van der Waals surface area contributed by atoms with Gasteiger partial charge in [0.05, 0.1) is 10.6 Å². The Balaban J connectivity index is 1.59. The number of nitrogens with zero attached hydrogens (tertiary/aromatic N) is 3. The first kappa shape index (κ1) is 18.4. The molecule has 27 heavy (non-hydrogen) atoms. The van der Waals surface area contributed by atoms with E-state index in [0.717, 1.165) is 32.6 Å². The zero-order chi connectivity index (χ0) is 19.0. The van der Waals surface area contributed by atoms with E-state index in [1.54, 1.807) is 13.0 Å². The molecule has 0 radical (unpaired) electrons. The van der Waals surface area contributed by atoms with Crippen LogP contribution in [0.5, 0.6) is 0 Å². The van der Waals surface area contributed by atoms with Crippen LogP contribution in [0.4, 0.5) is 4.39 Å². The molecule has 144 valence electrons. The largest absolute Gasteiger partial charge is 0.360 e. The van der Waals surface area contributed by atoms with Crippen molar-refractivity contribution < 1.29 is 13.7 Å². The zero-order valence-corrected chi connectivity index (χ0v) is 15.9. The molecule has 0 spiro atoms. The number of aryl methyl sites for hydroxylation is 1. The van der Waals surface area contributed by atoms with Crippen LogP contribution in [0.15, 0.2) is 22.7 Å². The number of likely N-dealkylation sites (tertiary alicyclic amines) is 1. The van der Waals surface area contributed by atoms with Gasteiger partial charge < -0.3 is 14.7 Å². The van der Waals surface area contributed by atoms with Crippen LogP contribution in [0.3, 0.4) is 0 Å². The van der Waals surface area contributed by atoms with Crippen molar-refractivity contribution in [3.8, 4) is 11.3 Å². The zero-order valence-electron chi connectivity index (χ0n) is 15.2. The van der Waals surface area contributed by atoms with Crippen molar-refractivity contribution in [3.05, 3.63) is 40.4 Å². The number of halogens is 2. The quantitative estimate of drug-likeness (QED) is 0.869. The maximum atomic E-state index is 14.4. The molecule has 2 aromatic rings. The molecule has 8 heteroatoms. The third-order valence-corrected chi connectivity index (χ3v) is 5.71. The van der Waals surface area contributed by atoms with E-state index in [2.05, 4.69) is 15.4 Å². The van der Waals surface area contributed by atoms with Gasteiger partial charge in [-0.3, -0.25) is 9.69 Å². The Bertz CT molecular complexity index is 830. The molecule has 0 saturated carbocycles. The Morgan fingerprint density at radius 1 is 1.33 bits per heavy atom. The number of benzene rings is 1. The molecule has 0 aliphatic carbocycles. The summed E-state index contributed by atoms with van der Waals surface area (Å²) in [5.74, 6) is -0.328. The number of carbonyl (C=O) groups is 1. The van der Waals surface area contributed by atoms with E-state index in [9.17, 15) is 9.18 Å². The molecule has 1 atom stereocenters. The topological polar surface area (TPSA) is 61.6 Å². The van der Waals surface area contributed by atoms with Crippen LogP contribution < -0.4 is 5.32 Å². The van der Waals surface area contributed by atoms with Crippen molar-refractivity contribution in [1.29, 1.82) is 0 Å². The molecule has 1 N–H and O–H groups in total. The van der Waals surface area contributed by atoms with E-state index in [1.165, 1.54) is 12.1 Å². The monoisotopic (exact) mass is 392 g/mol. The van der Waals surface area contributed by atoms with Gasteiger partial charge in [0.15, 0.2) is 0 Å². The van der Waals surface area contributed by atoms with Gasteiger partial charge in [0.1, 0.15) is 22.8 Å². The van der Waals surface area contributed by atoms with Crippen LogP contribution in [0.2, 0.25) is 5.02 Å². The summed E-state index contributed by atoms with van der Waals surface area (Å²) in [4.78, 5) is 17.4. The van der Waals surface area contributed by atoms with Gasteiger partial charge in [-0.2, -0.15) is 0 Å². The first-order chi connectivity index (χ1) is 13.1. The predicted octanol–water partition coefficient (Wildman–Crippen LogP) is 2.56. The van der Waals surface area contributed by atoms with E-state index in [1.807, 2.05) is 4.90 Å². The van der Waals surface area contributed by atoms with Crippen molar-refractivity contribution in [3.63, 3.8) is 0 Å². The average Bonchev–Trinajstić information content (AvgIpc) is 3.29. The minimum absolute atomic E-state index is 0.109. The minimum atomic E-state index is -0.523. The SMILES string of the molecule is Cc1onc(-c2c(F)cccc2Cl)c1C(=O)N1CCC(N2CCNCC2)C1. The van der Waals surface area contributed by atoms with Gasteiger partial charge in [0, 0.05) is 45.3 Å². The Morgan fingerprint density at radius 2 is 2.11 bits per heavy atom. The van der Waals surface area contributed by atoms with Crippen molar-refractivity contribution in [2.45, 2.75) is 19.4 Å². The number of hydrogen-bond acceptors (Lipinski definition) is 5. The molecule has 1 amide bonds. The maximum Gasteiger partial charge on any atom is 0.259 e. The lowest BCUT2D eigenvalue weighted by Crippen LogP contribution is -2.49. The molecule has 0 bridgehead atoms. The number of amides is 1. The molecule has 6 nitrogen and oxygen atoms in total. The molecule has 2 fully saturated rings. The van der Waals surface area contributed by atoms with Gasteiger partial charge in [-0.05, 0) is 25.5 Å². The fraction of sp³-hybridized carbons (Fsp3) is 0.474. The minimum Gasteiger partial charge on any atom is -0.360 e. The number of piperazine rings is 1. The van der Waals surface area contributed by atoms with Crippen LogP contribution in [-0.4, -0.2) is 66.2 Å². The molecule has 2 aliphatic heterocycles. The lowest BCUT2D eigenvalue weighted by atomic mass is 10.0. The molecular weight excluding hydrogens is 371 g/mol. The Labute approximate surface area is 162 Å². The molecular formula is C19H22ClFN4O2. The van der Waals surface area contributed by atoms with Gasteiger partial charge in [0.2, 0.25) is 0 Å². The van der Waals surface area contributed by atoms with Crippen molar-refractivity contribution in [2.24, 2.45) is 0 Å². The van der Waals surface area contributed by atoms with Crippen LogP contribution in [-0.2, 0) is 0 Å². The standard InChI is InChI=1S/C19H22ClFN4O2/c1-12-16(18(23-27-12)17-14(20)3-2-4-15(17)21)19(26)25-8-5-13(11-25)24-9-6-22-7-10-24/h2-4,13,22H,5-11H2,1H3. The second-order valence-electron chi connectivity index (χ2n) is 7.04. The fourth-order valence-electron chi connectivity index (χ4n) is 3.95. The van der Waals surface area contributed by atoms with E-state index >= 15 is 0 Å². The van der Waals surface area contributed by atoms with Crippen LogP contribution >= 0.6 is 11.6 Å². The number of rotatable bonds is 3. The normalized spacial score (nSPS) is 21.0. The lowest BCUT2D eigenvalue weighted by molar-refractivity contribution is 0.0772. The second kappa shape index (κ2) is 7.58. The number of nitrogens with one attached hydrogen (secondary N) is 1. The molecule has 1 unspecified atom stereocenters. The predicted molar refractivity (Wildman–Crippen MR) is 100 cm³/mol. The van der Waals surface area contributed by atoms with Crippen molar-refractivity contribution >= 4 is 17.5 Å². The van der Waals surface area contributed by atoms with Gasteiger partial charge in [0.25, 0.3) is 5.91 Å². The van der Waals surface area contributed by atoms with E-state index < -0.39 is 5.82 Å². The third-order valence-electron chi connectivity index (χ3n) is 5.39. The smallest absolute Gasteiger partial charge is 0.259 e. The summed E-state index contributed by atoms with van der Waals surface area (Å²) in [7, 11) is 0. The van der Waals surface area contributed by atoms with Crippen molar-refractivity contribution in [1.82, 2.24) is 20.3 Å². The summed E-state index contributed by atoms with van der Waals surface area (Å²) in [6.07, 6.45) is 0.936. The molecule has 1 aromatic heterocycles. The van der Waals surface area contributed by atoms with E-state index in [4.69, 9.17) is 16.1 Å². The van der Waals surface area contributed by atoms with E-state index in [0.29, 0.717) is 30.5 Å². The van der Waals surface area contributed by atoms with Crippen LogP contribution in [0.1, 0.15) is 22.5 Å². The highest BCUT2D eigenvalue weighted by Gasteiger charge is 2.35. The van der Waals surface area contributed by atoms with Gasteiger partial charge in [-0.25, -0.2) is 4.39 Å². The Morgan fingerprint density at radius 3 is 2.85 bits per heavy atom. The van der Waals surface area contributed by atoms with Gasteiger partial charge in [-0.1, -0.05) is 22.8 Å². The first-order valence-electron chi connectivity index (χ1n) is 9.21. The summed E-state index contributed by atoms with van der Waals surface area (Å²) in [6.45, 7) is 6.94. The lowest BCUT2D eigenvalue weighted by Gasteiger charge is -2.32. The summed E-state index contributed by atoms with van der Waals surface area (Å²) in [5.41, 5.74) is 0.575. The number of hydrogen-bond donors (Lipinski definition) is 1. The van der Waals surface area contributed by atoms with Crippen LogP contribution in [0, 0.1) is 12.7 Å². The highest BCUT2D eigenvalue weighted by atomic mass is 35.5. The molecule has 4 rings (SSSR count). The molecule has 1 aromatic carbocycles. The van der Waals surface area contributed by atoms with E-state index in [-0.39, 0.29) is 22.2 Å². The molecule has 2 saturated heterocycles. The first-order valence-corrected chi connectivity index (χ1v) is 9.58. The van der Waals surface area contributed by atoms with Crippen LogP contribution in [0.25, 0.3) is 11.3 Å². The average molecular weight is 393 g/mol. The summed E-state index contributed by atoms with van der Waals surface area (Å²) in [6, 6.07) is 4.76. The second-order valence-corrected chi connectivity index (χ2v) is 7.45.